The lowest BCUT2D eigenvalue weighted by Gasteiger charge is -2.00. The van der Waals surface area contributed by atoms with Crippen LogP contribution in [0.1, 0.15) is 13.3 Å². The predicted molar refractivity (Wildman–Crippen MR) is 41.6 cm³/mol. The van der Waals surface area contributed by atoms with Gasteiger partial charge in [0.25, 0.3) is 0 Å². The minimum Gasteiger partial charge on any atom is -0.389 e. The molecule has 0 aromatic heterocycles. The lowest BCUT2D eigenvalue weighted by atomic mass is 10.2. The molecule has 0 bridgehead atoms. The highest BCUT2D eigenvalue weighted by atomic mass is 16.3. The summed E-state index contributed by atoms with van der Waals surface area (Å²) in [5.74, 6) is 0. The highest BCUT2D eigenvalue weighted by Gasteiger charge is 1.94. The molecule has 0 saturated heterocycles. The van der Waals surface area contributed by atoms with Crippen molar-refractivity contribution in [3.05, 3.63) is 24.8 Å². The van der Waals surface area contributed by atoms with Crippen molar-refractivity contribution in [3.8, 4) is 0 Å². The average Bonchev–Trinajstić information content (AvgIpc) is 1.85. The van der Waals surface area contributed by atoms with E-state index in [9.17, 15) is 0 Å². The van der Waals surface area contributed by atoms with E-state index in [-0.39, 0.29) is 0 Å². The van der Waals surface area contributed by atoms with Gasteiger partial charge in [-0.1, -0.05) is 18.2 Å². The van der Waals surface area contributed by atoms with Crippen LogP contribution in [0.5, 0.6) is 0 Å². The Morgan fingerprint density at radius 3 is 2.40 bits per heavy atom. The van der Waals surface area contributed by atoms with Gasteiger partial charge >= 0.3 is 0 Å². The van der Waals surface area contributed by atoms with Crippen molar-refractivity contribution in [1.29, 1.82) is 0 Å². The fourth-order valence-electron chi connectivity index (χ4n) is 0.538. The van der Waals surface area contributed by atoms with Crippen LogP contribution in [0.2, 0.25) is 0 Å². The third-order valence-corrected chi connectivity index (χ3v) is 1.02. The van der Waals surface area contributed by atoms with Crippen LogP contribution in [0, 0.1) is 0 Å². The molecule has 0 aromatic carbocycles. The van der Waals surface area contributed by atoms with Crippen LogP contribution in [-0.4, -0.2) is 22.4 Å². The third-order valence-electron chi connectivity index (χ3n) is 1.02. The summed E-state index contributed by atoms with van der Waals surface area (Å²) in [6.07, 6.45) is 4.28. The maximum atomic E-state index is 9.03. The van der Waals surface area contributed by atoms with E-state index < -0.39 is 12.2 Å². The van der Waals surface area contributed by atoms with Crippen LogP contribution in [0.25, 0.3) is 0 Å². The van der Waals surface area contributed by atoms with E-state index in [0.29, 0.717) is 6.42 Å². The molecule has 0 radical (unpaired) electrons. The monoisotopic (exact) mass is 142 g/mol. The summed E-state index contributed by atoms with van der Waals surface area (Å²) in [6, 6.07) is 0. The Bertz CT molecular complexity index is 116. The molecule has 2 N–H and O–H groups in total. The topological polar surface area (TPSA) is 40.5 Å². The molecule has 58 valence electrons. The van der Waals surface area contributed by atoms with Crippen LogP contribution >= 0.6 is 0 Å². The maximum absolute atomic E-state index is 9.03. The van der Waals surface area contributed by atoms with Gasteiger partial charge in [0.1, 0.15) is 0 Å². The SMILES string of the molecule is C=CCC(O)C=CC(C)O. The van der Waals surface area contributed by atoms with Gasteiger partial charge in [0.05, 0.1) is 12.2 Å². The molecule has 2 nitrogen and oxygen atoms in total. The molecule has 0 saturated carbocycles. The first kappa shape index (κ1) is 9.40. The molecule has 0 heterocycles. The summed E-state index contributed by atoms with van der Waals surface area (Å²) >= 11 is 0. The molecule has 2 atom stereocenters. The summed E-state index contributed by atoms with van der Waals surface area (Å²) < 4.78 is 0. The molecule has 10 heavy (non-hydrogen) atoms. The second kappa shape index (κ2) is 5.21. The minimum absolute atomic E-state index is 0.487. The van der Waals surface area contributed by atoms with Crippen LogP contribution in [0.15, 0.2) is 24.8 Å². The van der Waals surface area contributed by atoms with Gasteiger partial charge in [-0.2, -0.15) is 0 Å². The standard InChI is InChI=1S/C8H14O2/c1-3-4-8(10)6-5-7(2)9/h3,5-10H,1,4H2,2H3. The van der Waals surface area contributed by atoms with Crippen molar-refractivity contribution in [2.45, 2.75) is 25.6 Å². The van der Waals surface area contributed by atoms with Crippen molar-refractivity contribution in [2.24, 2.45) is 0 Å². The first-order valence-electron chi connectivity index (χ1n) is 3.32. The number of rotatable bonds is 4. The molecule has 0 amide bonds. The van der Waals surface area contributed by atoms with Crippen molar-refractivity contribution < 1.29 is 10.2 Å². The third kappa shape index (κ3) is 5.54. The van der Waals surface area contributed by atoms with Crippen LogP contribution in [-0.2, 0) is 0 Å². The molecular formula is C8H14O2. The Labute approximate surface area is 61.5 Å². The fraction of sp³-hybridized carbons (Fsp3) is 0.500. The second-order valence-corrected chi connectivity index (χ2v) is 2.22. The van der Waals surface area contributed by atoms with Gasteiger partial charge in [0.15, 0.2) is 0 Å². The molecular weight excluding hydrogens is 128 g/mol. The second-order valence-electron chi connectivity index (χ2n) is 2.22. The van der Waals surface area contributed by atoms with Gasteiger partial charge < -0.3 is 10.2 Å². The van der Waals surface area contributed by atoms with E-state index in [2.05, 4.69) is 6.58 Å². The average molecular weight is 142 g/mol. The molecule has 0 aliphatic carbocycles. The zero-order valence-corrected chi connectivity index (χ0v) is 6.20. The van der Waals surface area contributed by atoms with E-state index in [1.807, 2.05) is 0 Å². The quantitative estimate of drug-likeness (QED) is 0.571. The van der Waals surface area contributed by atoms with E-state index in [4.69, 9.17) is 10.2 Å². The van der Waals surface area contributed by atoms with E-state index in [1.165, 1.54) is 0 Å². The Kier molecular flexibility index (Phi) is 4.89. The van der Waals surface area contributed by atoms with Crippen LogP contribution < -0.4 is 0 Å². The smallest absolute Gasteiger partial charge is 0.0756 e. The summed E-state index contributed by atoms with van der Waals surface area (Å²) in [5.41, 5.74) is 0. The van der Waals surface area contributed by atoms with Crippen molar-refractivity contribution in [1.82, 2.24) is 0 Å². The minimum atomic E-state index is -0.507. The number of aliphatic hydroxyl groups is 2. The summed E-state index contributed by atoms with van der Waals surface area (Å²) in [6.45, 7) is 5.11. The van der Waals surface area contributed by atoms with Gasteiger partial charge in [-0.3, -0.25) is 0 Å². The maximum Gasteiger partial charge on any atom is 0.0756 e. The number of aliphatic hydroxyl groups excluding tert-OH is 2. The van der Waals surface area contributed by atoms with Gasteiger partial charge in [-0.05, 0) is 13.3 Å². The zero-order chi connectivity index (χ0) is 7.98. The van der Waals surface area contributed by atoms with E-state index in [1.54, 1.807) is 25.2 Å². The van der Waals surface area contributed by atoms with Gasteiger partial charge in [0, 0.05) is 0 Å². The zero-order valence-electron chi connectivity index (χ0n) is 6.20. The van der Waals surface area contributed by atoms with Crippen molar-refractivity contribution >= 4 is 0 Å². The predicted octanol–water partition coefficient (Wildman–Crippen LogP) is 0.860. The largest absolute Gasteiger partial charge is 0.389 e. The van der Waals surface area contributed by atoms with E-state index in [0.717, 1.165) is 0 Å². The lowest BCUT2D eigenvalue weighted by molar-refractivity contribution is 0.217. The summed E-state index contributed by atoms with van der Waals surface area (Å²) in [5, 5.41) is 17.8. The lowest BCUT2D eigenvalue weighted by Crippen LogP contribution is -2.02. The normalized spacial score (nSPS) is 17.1. The van der Waals surface area contributed by atoms with E-state index >= 15 is 0 Å². The molecule has 0 fully saturated rings. The molecule has 0 aliphatic rings. The number of hydrogen-bond donors (Lipinski definition) is 2. The summed E-state index contributed by atoms with van der Waals surface area (Å²) in [7, 11) is 0. The molecule has 0 aromatic rings. The number of hydrogen-bond acceptors (Lipinski definition) is 2. The van der Waals surface area contributed by atoms with Gasteiger partial charge in [-0.25, -0.2) is 0 Å². The van der Waals surface area contributed by atoms with Crippen molar-refractivity contribution in [2.75, 3.05) is 0 Å². The van der Waals surface area contributed by atoms with Gasteiger partial charge in [-0.15, -0.1) is 6.58 Å². The molecule has 0 spiro atoms. The van der Waals surface area contributed by atoms with Crippen LogP contribution in [0.4, 0.5) is 0 Å². The molecule has 0 aliphatic heterocycles. The molecule has 0 rings (SSSR count). The Hall–Kier alpha value is -0.600. The first-order chi connectivity index (χ1) is 4.66. The van der Waals surface area contributed by atoms with Crippen LogP contribution in [0.3, 0.4) is 0 Å². The highest BCUT2D eigenvalue weighted by molar-refractivity contribution is 4.94. The molecule has 2 heteroatoms. The first-order valence-corrected chi connectivity index (χ1v) is 3.32. The van der Waals surface area contributed by atoms with Gasteiger partial charge in [0.2, 0.25) is 0 Å². The fourth-order valence-corrected chi connectivity index (χ4v) is 0.538. The Balaban J connectivity index is 3.54. The Morgan fingerprint density at radius 2 is 2.00 bits per heavy atom. The highest BCUT2D eigenvalue weighted by Crippen LogP contribution is 1.94. The van der Waals surface area contributed by atoms with Crippen molar-refractivity contribution in [3.63, 3.8) is 0 Å². The molecule has 2 unspecified atom stereocenters. The Morgan fingerprint density at radius 1 is 1.40 bits per heavy atom. The summed E-state index contributed by atoms with van der Waals surface area (Å²) in [4.78, 5) is 0.